The number of carbonyl (C=O) groups is 3. The molecular weight excluding hydrogens is 390 g/mol. The number of anilines is 1. The van der Waals surface area contributed by atoms with Crippen LogP contribution in [0.2, 0.25) is 0 Å². The van der Waals surface area contributed by atoms with E-state index in [1.165, 1.54) is 0 Å². The van der Waals surface area contributed by atoms with Crippen molar-refractivity contribution >= 4 is 23.4 Å². The van der Waals surface area contributed by atoms with Gasteiger partial charge in [-0.25, -0.2) is 0 Å². The monoisotopic (exact) mass is 419 g/mol. The van der Waals surface area contributed by atoms with E-state index in [2.05, 4.69) is 5.32 Å². The fourth-order valence-corrected chi connectivity index (χ4v) is 4.27. The van der Waals surface area contributed by atoms with Crippen molar-refractivity contribution in [2.45, 2.75) is 45.1 Å². The van der Waals surface area contributed by atoms with Crippen molar-refractivity contribution in [1.82, 2.24) is 9.80 Å². The molecule has 2 aliphatic heterocycles. The highest BCUT2D eigenvalue weighted by molar-refractivity contribution is 6.09. The molecule has 2 fully saturated rings. The normalized spacial score (nSPS) is 16.8. The number of benzene rings is 2. The maximum absolute atomic E-state index is 13.1. The van der Waals surface area contributed by atoms with Crippen LogP contribution in [0.5, 0.6) is 0 Å². The second-order valence-electron chi connectivity index (χ2n) is 8.32. The molecule has 0 aromatic heterocycles. The van der Waals surface area contributed by atoms with Crippen molar-refractivity contribution in [3.63, 3.8) is 0 Å². The average molecular weight is 420 g/mol. The number of rotatable bonds is 5. The smallest absolute Gasteiger partial charge is 0.255 e. The van der Waals surface area contributed by atoms with Crippen molar-refractivity contribution in [2.75, 3.05) is 25.0 Å². The minimum absolute atomic E-state index is 0.0246. The van der Waals surface area contributed by atoms with Gasteiger partial charge < -0.3 is 15.1 Å². The van der Waals surface area contributed by atoms with Crippen LogP contribution in [0, 0.1) is 0 Å². The Balaban J connectivity index is 1.43. The van der Waals surface area contributed by atoms with Crippen molar-refractivity contribution in [3.8, 4) is 0 Å². The molecule has 0 bridgehead atoms. The standard InChI is InChI=1S/C25H29N3O3/c29-23-10-7-17-28(23)18-19-11-13-20(14-12-19)24(30)26-22-9-4-3-8-21(22)25(31)27-15-5-1-2-6-16-27/h3-4,8-9,11-14H,1-2,5-7,10,15-18H2,(H,26,30). The maximum Gasteiger partial charge on any atom is 0.255 e. The molecule has 1 N–H and O–H groups in total. The number of carbonyl (C=O) groups excluding carboxylic acids is 3. The third-order valence-corrected chi connectivity index (χ3v) is 6.06. The van der Waals surface area contributed by atoms with E-state index in [4.69, 9.17) is 0 Å². The highest BCUT2D eigenvalue weighted by Crippen LogP contribution is 2.21. The molecule has 31 heavy (non-hydrogen) atoms. The lowest BCUT2D eigenvalue weighted by atomic mass is 10.1. The molecular formula is C25H29N3O3. The molecule has 0 radical (unpaired) electrons. The van der Waals surface area contributed by atoms with E-state index >= 15 is 0 Å². The van der Waals surface area contributed by atoms with Gasteiger partial charge in [0.25, 0.3) is 11.8 Å². The number of nitrogens with zero attached hydrogens (tertiary/aromatic N) is 2. The molecule has 0 unspecified atom stereocenters. The molecule has 2 heterocycles. The Morgan fingerprint density at radius 2 is 1.55 bits per heavy atom. The number of nitrogens with one attached hydrogen (secondary N) is 1. The van der Waals surface area contributed by atoms with Gasteiger partial charge in [0.15, 0.2) is 0 Å². The Kier molecular flexibility index (Phi) is 6.65. The quantitative estimate of drug-likeness (QED) is 0.794. The lowest BCUT2D eigenvalue weighted by molar-refractivity contribution is -0.128. The van der Waals surface area contributed by atoms with Gasteiger partial charge in [0.05, 0.1) is 11.3 Å². The van der Waals surface area contributed by atoms with Crippen LogP contribution in [0.25, 0.3) is 0 Å². The highest BCUT2D eigenvalue weighted by atomic mass is 16.2. The van der Waals surface area contributed by atoms with Crippen LogP contribution < -0.4 is 5.32 Å². The first kappa shape index (κ1) is 21.1. The lowest BCUT2D eigenvalue weighted by Crippen LogP contribution is -2.32. The first-order valence-corrected chi connectivity index (χ1v) is 11.2. The SMILES string of the molecule is O=C(Nc1ccccc1C(=O)N1CCCCCC1)c1ccc(CN2CCCC2=O)cc1. The Morgan fingerprint density at radius 1 is 0.839 bits per heavy atom. The highest BCUT2D eigenvalue weighted by Gasteiger charge is 2.22. The van der Waals surface area contributed by atoms with E-state index in [-0.39, 0.29) is 17.7 Å². The molecule has 0 aliphatic carbocycles. The zero-order chi connectivity index (χ0) is 21.6. The molecule has 2 aliphatic rings. The van der Waals surface area contributed by atoms with Gasteiger partial charge in [-0.05, 0) is 49.1 Å². The van der Waals surface area contributed by atoms with Gasteiger partial charge in [0.2, 0.25) is 5.91 Å². The lowest BCUT2D eigenvalue weighted by Gasteiger charge is -2.22. The Hall–Kier alpha value is -3.15. The minimum Gasteiger partial charge on any atom is -0.339 e. The molecule has 6 heteroatoms. The molecule has 0 atom stereocenters. The summed E-state index contributed by atoms with van der Waals surface area (Å²) in [6, 6.07) is 14.5. The summed E-state index contributed by atoms with van der Waals surface area (Å²) in [6.07, 6.45) is 5.89. The Labute approximate surface area is 183 Å². The summed E-state index contributed by atoms with van der Waals surface area (Å²) in [5.74, 6) is -0.0872. The fourth-order valence-electron chi connectivity index (χ4n) is 4.27. The van der Waals surface area contributed by atoms with Crippen LogP contribution in [-0.4, -0.2) is 47.2 Å². The van der Waals surface area contributed by atoms with Gasteiger partial charge in [-0.15, -0.1) is 0 Å². The minimum atomic E-state index is -0.250. The van der Waals surface area contributed by atoms with Crippen molar-refractivity contribution in [1.29, 1.82) is 0 Å². The van der Waals surface area contributed by atoms with Crippen LogP contribution in [0.15, 0.2) is 48.5 Å². The molecule has 2 aromatic carbocycles. The van der Waals surface area contributed by atoms with Gasteiger partial charge in [-0.3, -0.25) is 14.4 Å². The first-order chi connectivity index (χ1) is 15.1. The van der Waals surface area contributed by atoms with Crippen molar-refractivity contribution in [3.05, 3.63) is 65.2 Å². The van der Waals surface area contributed by atoms with Crippen molar-refractivity contribution < 1.29 is 14.4 Å². The molecule has 0 saturated carbocycles. The summed E-state index contributed by atoms with van der Waals surface area (Å²) in [5.41, 5.74) is 2.59. The molecule has 2 aromatic rings. The summed E-state index contributed by atoms with van der Waals surface area (Å²) in [5, 5.41) is 2.91. The van der Waals surface area contributed by atoms with E-state index < -0.39 is 0 Å². The number of amides is 3. The maximum atomic E-state index is 13.1. The van der Waals surface area contributed by atoms with Crippen molar-refractivity contribution in [2.24, 2.45) is 0 Å². The predicted octanol–water partition coefficient (Wildman–Crippen LogP) is 4.08. The van der Waals surface area contributed by atoms with E-state index in [9.17, 15) is 14.4 Å². The van der Waals surface area contributed by atoms with Crippen LogP contribution in [-0.2, 0) is 11.3 Å². The zero-order valence-corrected chi connectivity index (χ0v) is 17.8. The second-order valence-corrected chi connectivity index (χ2v) is 8.32. The van der Waals surface area contributed by atoms with Crippen LogP contribution in [0.3, 0.4) is 0 Å². The third kappa shape index (κ3) is 5.13. The number of hydrogen-bond acceptors (Lipinski definition) is 3. The molecule has 2 saturated heterocycles. The number of hydrogen-bond donors (Lipinski definition) is 1. The molecule has 0 spiro atoms. The first-order valence-electron chi connectivity index (χ1n) is 11.2. The topological polar surface area (TPSA) is 69.7 Å². The Bertz CT molecular complexity index is 947. The van der Waals surface area contributed by atoms with Gasteiger partial charge >= 0.3 is 0 Å². The third-order valence-electron chi connectivity index (χ3n) is 6.06. The van der Waals surface area contributed by atoms with Crippen LogP contribution in [0.4, 0.5) is 5.69 Å². The fraction of sp³-hybridized carbons (Fsp3) is 0.400. The molecule has 3 amide bonds. The summed E-state index contributed by atoms with van der Waals surface area (Å²) in [7, 11) is 0. The van der Waals surface area contributed by atoms with E-state index in [1.807, 2.05) is 34.1 Å². The Morgan fingerprint density at radius 3 is 2.23 bits per heavy atom. The van der Waals surface area contributed by atoms with Gasteiger partial charge in [-0.2, -0.15) is 0 Å². The molecule has 162 valence electrons. The molecule has 4 rings (SSSR count). The number of likely N-dealkylation sites (tertiary alicyclic amines) is 2. The van der Waals surface area contributed by atoms with Gasteiger partial charge in [0, 0.05) is 38.2 Å². The zero-order valence-electron chi connectivity index (χ0n) is 17.8. The second kappa shape index (κ2) is 9.77. The van der Waals surface area contributed by atoms with Crippen LogP contribution >= 0.6 is 0 Å². The summed E-state index contributed by atoms with van der Waals surface area (Å²) >= 11 is 0. The van der Waals surface area contributed by atoms with Gasteiger partial charge in [-0.1, -0.05) is 37.1 Å². The summed E-state index contributed by atoms with van der Waals surface area (Å²) in [6.45, 7) is 2.90. The average Bonchev–Trinajstić information content (AvgIpc) is 3.02. The number of para-hydroxylation sites is 1. The van der Waals surface area contributed by atoms with Crippen LogP contribution in [0.1, 0.15) is 64.8 Å². The van der Waals surface area contributed by atoms with Gasteiger partial charge in [0.1, 0.15) is 0 Å². The summed E-state index contributed by atoms with van der Waals surface area (Å²) < 4.78 is 0. The molecule has 6 nitrogen and oxygen atoms in total. The largest absolute Gasteiger partial charge is 0.339 e. The van der Waals surface area contributed by atoms with E-state index in [0.29, 0.717) is 29.8 Å². The van der Waals surface area contributed by atoms with E-state index in [1.54, 1.807) is 24.3 Å². The van der Waals surface area contributed by atoms with E-state index in [0.717, 1.165) is 57.3 Å². The predicted molar refractivity (Wildman–Crippen MR) is 120 cm³/mol. The summed E-state index contributed by atoms with van der Waals surface area (Å²) in [4.78, 5) is 41.4.